The van der Waals surface area contributed by atoms with Gasteiger partial charge in [0.15, 0.2) is 0 Å². The maximum atomic E-state index is 3.71. The summed E-state index contributed by atoms with van der Waals surface area (Å²) in [5, 5.41) is 3.71. The molecule has 2 saturated heterocycles. The van der Waals surface area contributed by atoms with Crippen LogP contribution in [-0.2, 0) is 6.54 Å². The molecule has 0 amide bonds. The fraction of sp³-hybridized carbons (Fsp3) is 0.600. The number of fused-ring (bicyclic) bond motifs is 2. The minimum atomic E-state index is 0.757. The molecule has 0 radical (unpaired) electrons. The zero-order valence-corrected chi connectivity index (χ0v) is 12.5. The normalized spacial score (nSPS) is 30.9. The number of hydrogen-bond donors (Lipinski definition) is 1. The molecule has 0 aliphatic carbocycles. The molecule has 3 heteroatoms. The van der Waals surface area contributed by atoms with Gasteiger partial charge in [0.2, 0.25) is 0 Å². The van der Waals surface area contributed by atoms with Crippen LogP contribution in [0.4, 0.5) is 0 Å². The summed E-state index contributed by atoms with van der Waals surface area (Å²) in [6, 6.07) is 11.0. The highest BCUT2D eigenvalue weighted by Gasteiger charge is 2.34. The van der Waals surface area contributed by atoms with Crippen molar-refractivity contribution in [1.82, 2.24) is 10.2 Å². The molecule has 2 nitrogen and oxygen atoms in total. The van der Waals surface area contributed by atoms with Crippen LogP contribution >= 0.6 is 15.9 Å². The van der Waals surface area contributed by atoms with Gasteiger partial charge in [0.05, 0.1) is 0 Å². The monoisotopic (exact) mass is 308 g/mol. The first kappa shape index (κ1) is 12.6. The lowest BCUT2D eigenvalue weighted by Crippen LogP contribution is -2.46. The highest BCUT2D eigenvalue weighted by Crippen LogP contribution is 2.29. The molecule has 0 spiro atoms. The number of benzene rings is 1. The Hall–Kier alpha value is -0.380. The van der Waals surface area contributed by atoms with E-state index in [2.05, 4.69) is 57.5 Å². The predicted molar refractivity (Wildman–Crippen MR) is 78.6 cm³/mol. The molecule has 2 heterocycles. The first-order valence-electron chi connectivity index (χ1n) is 6.91. The van der Waals surface area contributed by atoms with E-state index in [1.54, 1.807) is 0 Å². The molecule has 2 bridgehead atoms. The number of halogens is 1. The van der Waals surface area contributed by atoms with Crippen molar-refractivity contribution in [3.05, 3.63) is 34.3 Å². The van der Waals surface area contributed by atoms with Crippen LogP contribution in [0.3, 0.4) is 0 Å². The van der Waals surface area contributed by atoms with Gasteiger partial charge in [0, 0.05) is 29.1 Å². The van der Waals surface area contributed by atoms with E-state index in [0.29, 0.717) is 0 Å². The molecule has 0 aromatic heterocycles. The fourth-order valence-corrected chi connectivity index (χ4v) is 3.66. The second-order valence-corrected chi connectivity index (χ2v) is 6.72. The Bertz CT molecular complexity index is 391. The molecular weight excluding hydrogens is 288 g/mol. The van der Waals surface area contributed by atoms with E-state index in [1.807, 2.05) is 0 Å². The summed E-state index contributed by atoms with van der Waals surface area (Å²) in [6.45, 7) is 1.07. The van der Waals surface area contributed by atoms with Crippen LogP contribution in [0.25, 0.3) is 0 Å². The first-order chi connectivity index (χ1) is 8.70. The Morgan fingerprint density at radius 2 is 1.78 bits per heavy atom. The molecule has 3 rings (SSSR count). The lowest BCUT2D eigenvalue weighted by atomic mass is 9.98. The SMILES string of the molecule is CN(Cc1ccc(Br)cc1)C1CC2CCC(C1)N2. The lowest BCUT2D eigenvalue weighted by Gasteiger charge is -2.35. The van der Waals surface area contributed by atoms with Crippen molar-refractivity contribution < 1.29 is 0 Å². The molecule has 2 unspecified atom stereocenters. The Morgan fingerprint density at radius 3 is 2.39 bits per heavy atom. The minimum Gasteiger partial charge on any atom is -0.311 e. The van der Waals surface area contributed by atoms with E-state index >= 15 is 0 Å². The van der Waals surface area contributed by atoms with E-state index in [4.69, 9.17) is 0 Å². The molecule has 98 valence electrons. The standard InChI is InChI=1S/C15H21BrN2/c1-18(10-11-2-4-12(16)5-3-11)15-8-13-6-7-14(9-15)17-13/h2-5,13-15,17H,6-10H2,1H3. The van der Waals surface area contributed by atoms with Crippen LogP contribution in [0, 0.1) is 0 Å². The average molecular weight is 309 g/mol. The lowest BCUT2D eigenvalue weighted by molar-refractivity contribution is 0.166. The highest BCUT2D eigenvalue weighted by molar-refractivity contribution is 9.10. The molecular formula is C15H21BrN2. The van der Waals surface area contributed by atoms with Crippen molar-refractivity contribution in [2.45, 2.75) is 50.4 Å². The van der Waals surface area contributed by atoms with Gasteiger partial charge in [-0.15, -0.1) is 0 Å². The van der Waals surface area contributed by atoms with Gasteiger partial charge in [0.1, 0.15) is 0 Å². The van der Waals surface area contributed by atoms with Crippen molar-refractivity contribution in [2.24, 2.45) is 0 Å². The summed E-state index contributed by atoms with van der Waals surface area (Å²) in [6.07, 6.45) is 5.41. The molecule has 1 aromatic carbocycles. The number of hydrogen-bond acceptors (Lipinski definition) is 2. The molecule has 18 heavy (non-hydrogen) atoms. The predicted octanol–water partition coefficient (Wildman–Crippen LogP) is 3.16. The number of nitrogens with one attached hydrogen (secondary N) is 1. The van der Waals surface area contributed by atoms with Gasteiger partial charge in [-0.1, -0.05) is 28.1 Å². The fourth-order valence-electron chi connectivity index (χ4n) is 3.39. The van der Waals surface area contributed by atoms with Crippen LogP contribution in [-0.4, -0.2) is 30.1 Å². The van der Waals surface area contributed by atoms with Gasteiger partial charge in [-0.3, -0.25) is 4.90 Å². The smallest absolute Gasteiger partial charge is 0.0233 e. The van der Waals surface area contributed by atoms with Crippen molar-refractivity contribution in [2.75, 3.05) is 7.05 Å². The summed E-state index contributed by atoms with van der Waals surface area (Å²) in [7, 11) is 2.28. The first-order valence-corrected chi connectivity index (χ1v) is 7.71. The van der Waals surface area contributed by atoms with Gasteiger partial charge in [0.25, 0.3) is 0 Å². The zero-order chi connectivity index (χ0) is 12.5. The van der Waals surface area contributed by atoms with Crippen LogP contribution in [0.1, 0.15) is 31.2 Å². The van der Waals surface area contributed by atoms with E-state index in [1.165, 1.54) is 31.2 Å². The van der Waals surface area contributed by atoms with Crippen LogP contribution < -0.4 is 5.32 Å². The molecule has 1 N–H and O–H groups in total. The van der Waals surface area contributed by atoms with E-state index < -0.39 is 0 Å². The summed E-state index contributed by atoms with van der Waals surface area (Å²) in [4.78, 5) is 2.54. The molecule has 0 saturated carbocycles. The van der Waals surface area contributed by atoms with Crippen LogP contribution in [0.5, 0.6) is 0 Å². The summed E-state index contributed by atoms with van der Waals surface area (Å²) < 4.78 is 1.16. The topological polar surface area (TPSA) is 15.3 Å². The summed E-state index contributed by atoms with van der Waals surface area (Å²) in [5.41, 5.74) is 1.41. The zero-order valence-electron chi connectivity index (χ0n) is 10.9. The van der Waals surface area contributed by atoms with Crippen molar-refractivity contribution in [3.8, 4) is 0 Å². The Labute approximate surface area is 118 Å². The molecule has 2 atom stereocenters. The van der Waals surface area contributed by atoms with Gasteiger partial charge < -0.3 is 5.32 Å². The molecule has 2 fully saturated rings. The molecule has 2 aliphatic heterocycles. The van der Waals surface area contributed by atoms with Crippen molar-refractivity contribution in [1.29, 1.82) is 0 Å². The third-order valence-electron chi connectivity index (χ3n) is 4.42. The molecule has 1 aromatic rings. The third-order valence-corrected chi connectivity index (χ3v) is 4.95. The van der Waals surface area contributed by atoms with E-state index in [0.717, 1.165) is 29.1 Å². The summed E-state index contributed by atoms with van der Waals surface area (Å²) >= 11 is 3.49. The Balaban J connectivity index is 1.61. The molecule has 2 aliphatic rings. The maximum Gasteiger partial charge on any atom is 0.0233 e. The van der Waals surface area contributed by atoms with Gasteiger partial charge in [-0.2, -0.15) is 0 Å². The number of nitrogens with zero attached hydrogens (tertiary/aromatic N) is 1. The van der Waals surface area contributed by atoms with Crippen LogP contribution in [0.15, 0.2) is 28.7 Å². The highest BCUT2D eigenvalue weighted by atomic mass is 79.9. The van der Waals surface area contributed by atoms with Crippen molar-refractivity contribution in [3.63, 3.8) is 0 Å². The van der Waals surface area contributed by atoms with Crippen LogP contribution in [0.2, 0.25) is 0 Å². The van der Waals surface area contributed by atoms with E-state index in [-0.39, 0.29) is 0 Å². The average Bonchev–Trinajstić information content (AvgIpc) is 2.71. The second-order valence-electron chi connectivity index (χ2n) is 5.80. The second kappa shape index (κ2) is 5.32. The van der Waals surface area contributed by atoms with Crippen molar-refractivity contribution >= 4 is 15.9 Å². The van der Waals surface area contributed by atoms with Gasteiger partial charge >= 0.3 is 0 Å². The van der Waals surface area contributed by atoms with Gasteiger partial charge in [-0.05, 0) is 50.4 Å². The minimum absolute atomic E-state index is 0.757. The maximum absolute atomic E-state index is 3.71. The quantitative estimate of drug-likeness (QED) is 0.922. The van der Waals surface area contributed by atoms with E-state index in [9.17, 15) is 0 Å². The summed E-state index contributed by atoms with van der Waals surface area (Å²) in [5.74, 6) is 0. The Kier molecular flexibility index (Phi) is 3.73. The largest absolute Gasteiger partial charge is 0.311 e. The number of rotatable bonds is 3. The third kappa shape index (κ3) is 2.79. The number of piperidine rings is 1. The Morgan fingerprint density at radius 1 is 1.17 bits per heavy atom. The van der Waals surface area contributed by atoms with Gasteiger partial charge in [-0.25, -0.2) is 0 Å².